The van der Waals surface area contributed by atoms with E-state index < -0.39 is 0 Å². The van der Waals surface area contributed by atoms with Crippen molar-refractivity contribution >= 4 is 46.0 Å². The Kier molecular flexibility index (Phi) is 4.99. The van der Waals surface area contributed by atoms with E-state index in [4.69, 9.17) is 23.8 Å². The fourth-order valence-corrected chi connectivity index (χ4v) is 2.79. The fraction of sp³-hybridized carbons (Fsp3) is 0.154. The number of para-hydroxylation sites is 1. The molecule has 0 saturated heterocycles. The third kappa shape index (κ3) is 4.29. The van der Waals surface area contributed by atoms with Crippen LogP contribution >= 0.6 is 35.2 Å². The maximum Gasteiger partial charge on any atom is 0.170 e. The molecule has 2 N–H and O–H groups in total. The summed E-state index contributed by atoms with van der Waals surface area (Å²) in [6.45, 7) is 0.801. The number of rotatable bonds is 4. The molecule has 1 aromatic carbocycles. The smallest absolute Gasteiger partial charge is 0.170 e. The van der Waals surface area contributed by atoms with E-state index in [0.717, 1.165) is 23.0 Å². The van der Waals surface area contributed by atoms with Gasteiger partial charge in [-0.15, -0.1) is 11.3 Å². The van der Waals surface area contributed by atoms with Crippen molar-refractivity contribution in [1.29, 1.82) is 0 Å². The predicted molar refractivity (Wildman–Crippen MR) is 83.7 cm³/mol. The Labute approximate surface area is 121 Å². The number of hydrogen-bond donors (Lipinski definition) is 2. The Morgan fingerprint density at radius 3 is 2.61 bits per heavy atom. The molecule has 18 heavy (non-hydrogen) atoms. The molecule has 1 aromatic heterocycles. The van der Waals surface area contributed by atoms with Crippen molar-refractivity contribution in [1.82, 2.24) is 5.32 Å². The second-order valence-corrected chi connectivity index (χ2v) is 5.91. The van der Waals surface area contributed by atoms with Gasteiger partial charge in [-0.05, 0) is 42.9 Å². The highest BCUT2D eigenvalue weighted by Crippen LogP contribution is 2.21. The molecule has 0 spiro atoms. The number of anilines is 1. The zero-order chi connectivity index (χ0) is 12.8. The number of thiophene rings is 1. The Morgan fingerprint density at radius 2 is 1.94 bits per heavy atom. The second kappa shape index (κ2) is 6.73. The molecule has 0 saturated carbocycles. The van der Waals surface area contributed by atoms with Crippen molar-refractivity contribution in [3.05, 3.63) is 51.7 Å². The van der Waals surface area contributed by atoms with Crippen LogP contribution in [0.1, 0.15) is 4.88 Å². The zero-order valence-electron chi connectivity index (χ0n) is 9.65. The van der Waals surface area contributed by atoms with Crippen LogP contribution in [0.3, 0.4) is 0 Å². The van der Waals surface area contributed by atoms with Crippen LogP contribution in [-0.4, -0.2) is 11.7 Å². The van der Waals surface area contributed by atoms with E-state index in [-0.39, 0.29) is 0 Å². The largest absolute Gasteiger partial charge is 0.362 e. The summed E-state index contributed by atoms with van der Waals surface area (Å²) >= 11 is 12.7. The summed E-state index contributed by atoms with van der Waals surface area (Å²) in [7, 11) is 0. The minimum atomic E-state index is 0.642. The summed E-state index contributed by atoms with van der Waals surface area (Å²) in [5.74, 6) is 0. The minimum Gasteiger partial charge on any atom is -0.362 e. The number of halogens is 1. The Hall–Kier alpha value is -1.10. The third-order valence-corrected chi connectivity index (χ3v) is 3.85. The van der Waals surface area contributed by atoms with Gasteiger partial charge in [0, 0.05) is 17.1 Å². The molecule has 0 radical (unpaired) electrons. The summed E-state index contributed by atoms with van der Waals surface area (Å²) in [5, 5.41) is 6.95. The lowest BCUT2D eigenvalue weighted by atomic mass is 10.3. The normalized spacial score (nSPS) is 10.1. The van der Waals surface area contributed by atoms with E-state index in [1.807, 2.05) is 42.5 Å². The molecule has 2 nitrogen and oxygen atoms in total. The van der Waals surface area contributed by atoms with Crippen molar-refractivity contribution in [3.8, 4) is 0 Å². The monoisotopic (exact) mass is 296 g/mol. The molecule has 0 amide bonds. The van der Waals surface area contributed by atoms with Crippen molar-refractivity contribution in [2.24, 2.45) is 0 Å². The standard InChI is InChI=1S/C13H13ClN2S2/c14-12-7-6-11(18-12)8-9-15-13(17)16-10-4-2-1-3-5-10/h1-7H,8-9H2,(H2,15,16,17). The van der Waals surface area contributed by atoms with Gasteiger partial charge in [0.25, 0.3) is 0 Å². The predicted octanol–water partition coefficient (Wildman–Crippen LogP) is 3.93. The number of nitrogens with one attached hydrogen (secondary N) is 2. The molecule has 2 rings (SSSR count). The first-order valence-electron chi connectivity index (χ1n) is 5.58. The molecule has 2 aromatic rings. The molecule has 0 atom stereocenters. The molecule has 5 heteroatoms. The Morgan fingerprint density at radius 1 is 1.17 bits per heavy atom. The van der Waals surface area contributed by atoms with E-state index in [0.29, 0.717) is 5.11 Å². The molecule has 94 valence electrons. The first-order chi connectivity index (χ1) is 8.74. The molecule has 0 aliphatic carbocycles. The molecule has 0 aliphatic heterocycles. The van der Waals surface area contributed by atoms with Gasteiger partial charge in [-0.2, -0.15) is 0 Å². The summed E-state index contributed by atoms with van der Waals surface area (Å²) in [6.07, 6.45) is 0.925. The van der Waals surface area contributed by atoms with Gasteiger partial charge in [0.1, 0.15) is 0 Å². The lowest BCUT2D eigenvalue weighted by Gasteiger charge is -2.09. The first-order valence-corrected chi connectivity index (χ1v) is 7.18. The number of hydrogen-bond acceptors (Lipinski definition) is 2. The van der Waals surface area contributed by atoms with Gasteiger partial charge in [-0.1, -0.05) is 29.8 Å². The maximum atomic E-state index is 5.87. The van der Waals surface area contributed by atoms with Gasteiger partial charge >= 0.3 is 0 Å². The van der Waals surface area contributed by atoms with Gasteiger partial charge in [-0.3, -0.25) is 0 Å². The van der Waals surface area contributed by atoms with Gasteiger partial charge in [0.15, 0.2) is 5.11 Å². The van der Waals surface area contributed by atoms with Crippen LogP contribution in [0.25, 0.3) is 0 Å². The maximum absolute atomic E-state index is 5.87. The first kappa shape index (κ1) is 13.3. The fourth-order valence-electron chi connectivity index (χ4n) is 1.48. The van der Waals surface area contributed by atoms with E-state index in [2.05, 4.69) is 10.6 Å². The summed E-state index contributed by atoms with van der Waals surface area (Å²) < 4.78 is 0.829. The van der Waals surface area contributed by atoms with Gasteiger partial charge in [0.2, 0.25) is 0 Å². The lowest BCUT2D eigenvalue weighted by molar-refractivity contribution is 0.885. The molecule has 0 aliphatic rings. The van der Waals surface area contributed by atoms with Gasteiger partial charge < -0.3 is 10.6 Å². The van der Waals surface area contributed by atoms with Crippen LogP contribution in [0, 0.1) is 0 Å². The van der Waals surface area contributed by atoms with Gasteiger partial charge in [-0.25, -0.2) is 0 Å². The van der Waals surface area contributed by atoms with Crippen LogP contribution < -0.4 is 10.6 Å². The van der Waals surface area contributed by atoms with Crippen molar-refractivity contribution in [2.45, 2.75) is 6.42 Å². The molecule has 0 fully saturated rings. The number of benzene rings is 1. The molecule has 0 unspecified atom stereocenters. The van der Waals surface area contributed by atoms with Crippen LogP contribution in [0.5, 0.6) is 0 Å². The van der Waals surface area contributed by atoms with Crippen molar-refractivity contribution in [3.63, 3.8) is 0 Å². The van der Waals surface area contributed by atoms with Crippen molar-refractivity contribution < 1.29 is 0 Å². The van der Waals surface area contributed by atoms with Crippen LogP contribution in [0.4, 0.5) is 5.69 Å². The average Bonchev–Trinajstić information content (AvgIpc) is 2.76. The zero-order valence-corrected chi connectivity index (χ0v) is 12.0. The number of thiocarbonyl (C=S) groups is 1. The lowest BCUT2D eigenvalue weighted by Crippen LogP contribution is -2.29. The summed E-state index contributed by atoms with van der Waals surface area (Å²) in [5.41, 5.74) is 0.995. The Balaban J connectivity index is 1.72. The second-order valence-electron chi connectivity index (χ2n) is 3.70. The van der Waals surface area contributed by atoms with Crippen LogP contribution in [-0.2, 0) is 6.42 Å². The molecular formula is C13H13ClN2S2. The highest BCUT2D eigenvalue weighted by Gasteiger charge is 1.99. The van der Waals surface area contributed by atoms with Gasteiger partial charge in [0.05, 0.1) is 4.34 Å². The highest BCUT2D eigenvalue weighted by molar-refractivity contribution is 7.80. The minimum absolute atomic E-state index is 0.642. The quantitative estimate of drug-likeness (QED) is 0.836. The molecular weight excluding hydrogens is 284 g/mol. The highest BCUT2D eigenvalue weighted by atomic mass is 35.5. The van der Waals surface area contributed by atoms with E-state index in [1.165, 1.54) is 4.88 Å². The van der Waals surface area contributed by atoms with E-state index in [1.54, 1.807) is 11.3 Å². The van der Waals surface area contributed by atoms with Crippen molar-refractivity contribution in [2.75, 3.05) is 11.9 Å². The summed E-state index contributed by atoms with van der Waals surface area (Å²) in [4.78, 5) is 1.26. The SMILES string of the molecule is S=C(NCCc1ccc(Cl)s1)Nc1ccccc1. The average molecular weight is 297 g/mol. The summed E-state index contributed by atoms with van der Waals surface area (Å²) in [6, 6.07) is 13.8. The Bertz CT molecular complexity index is 511. The van der Waals surface area contributed by atoms with Crippen LogP contribution in [0.15, 0.2) is 42.5 Å². The third-order valence-electron chi connectivity index (χ3n) is 2.32. The van der Waals surface area contributed by atoms with E-state index >= 15 is 0 Å². The molecule has 1 heterocycles. The van der Waals surface area contributed by atoms with E-state index in [9.17, 15) is 0 Å². The van der Waals surface area contributed by atoms with Crippen LogP contribution in [0.2, 0.25) is 4.34 Å². The topological polar surface area (TPSA) is 24.1 Å². The molecule has 0 bridgehead atoms.